The largest absolute Gasteiger partial charge is 0.482 e. The lowest BCUT2D eigenvalue weighted by molar-refractivity contribution is -0.124. The third-order valence-corrected chi connectivity index (χ3v) is 4.82. The number of unbranched alkanes of at least 4 members (excludes halogenated alkanes) is 1. The summed E-state index contributed by atoms with van der Waals surface area (Å²) in [6, 6.07) is 0. The molecular formula is C12H21N3O4S2. The van der Waals surface area contributed by atoms with Crippen LogP contribution in [0.1, 0.15) is 19.3 Å². The van der Waals surface area contributed by atoms with E-state index < -0.39 is 12.5 Å². The molecule has 0 aliphatic carbocycles. The molecule has 9 heteroatoms. The molecule has 0 saturated carbocycles. The van der Waals surface area contributed by atoms with Gasteiger partial charge in [-0.25, -0.2) is 4.99 Å². The second-order valence-corrected chi connectivity index (χ2v) is 7.27. The molecule has 0 radical (unpaired) electrons. The summed E-state index contributed by atoms with van der Waals surface area (Å²) < 4.78 is 5.76. The first-order chi connectivity index (χ1) is 10.2. The molecule has 1 rings (SSSR count). The van der Waals surface area contributed by atoms with Crippen molar-refractivity contribution in [2.75, 3.05) is 32.8 Å². The van der Waals surface area contributed by atoms with Gasteiger partial charge in [-0.2, -0.15) is 0 Å². The first kappa shape index (κ1) is 18.1. The monoisotopic (exact) mass is 335 g/mol. The van der Waals surface area contributed by atoms with Gasteiger partial charge in [-0.3, -0.25) is 9.59 Å². The molecule has 120 valence electrons. The molecule has 2 amide bonds. The number of aliphatic imine (C=N–C) groups is 1. The number of hydrogen-bond acceptors (Lipinski definition) is 7. The van der Waals surface area contributed by atoms with Gasteiger partial charge in [0.25, 0.3) is 0 Å². The molecule has 0 aromatic carbocycles. The van der Waals surface area contributed by atoms with Gasteiger partial charge in [-0.15, -0.1) is 0 Å². The van der Waals surface area contributed by atoms with Crippen molar-refractivity contribution < 1.29 is 19.4 Å². The molecular weight excluding hydrogens is 314 g/mol. The lowest BCUT2D eigenvalue weighted by atomic mass is 10.2. The summed E-state index contributed by atoms with van der Waals surface area (Å²) in [6.45, 7) is 0.720. The topological polar surface area (TPSA) is 100 Å². The van der Waals surface area contributed by atoms with Gasteiger partial charge in [-0.05, 0) is 19.3 Å². The zero-order valence-corrected chi connectivity index (χ0v) is 13.4. The number of nitrogens with zero attached hydrogens (tertiary/aromatic N) is 1. The number of amides is 2. The Morgan fingerprint density at radius 1 is 1.19 bits per heavy atom. The Labute approximate surface area is 132 Å². The van der Waals surface area contributed by atoms with Crippen LogP contribution >= 0.6 is 21.6 Å². The Hall–Kier alpha value is -0.930. The Bertz CT molecular complexity index is 351. The van der Waals surface area contributed by atoms with Gasteiger partial charge in [0.05, 0.1) is 11.1 Å². The molecule has 7 nitrogen and oxygen atoms in total. The molecule has 0 aromatic rings. The van der Waals surface area contributed by atoms with E-state index in [0.29, 0.717) is 6.54 Å². The van der Waals surface area contributed by atoms with Gasteiger partial charge in [-0.1, -0.05) is 21.6 Å². The zero-order valence-electron chi connectivity index (χ0n) is 11.7. The summed E-state index contributed by atoms with van der Waals surface area (Å²) in [4.78, 5) is 25.9. The van der Waals surface area contributed by atoms with E-state index in [0.717, 1.165) is 17.4 Å². The normalized spacial score (nSPS) is 14.1. The van der Waals surface area contributed by atoms with E-state index in [9.17, 15) is 9.59 Å². The van der Waals surface area contributed by atoms with Crippen LogP contribution < -0.4 is 10.6 Å². The maximum absolute atomic E-state index is 11.4. The average molecular weight is 335 g/mol. The number of carbonyl (C=O) groups is 2. The molecule has 1 heterocycles. The van der Waals surface area contributed by atoms with E-state index in [1.165, 1.54) is 12.8 Å². The summed E-state index contributed by atoms with van der Waals surface area (Å²) in [5.41, 5.74) is 0. The third-order valence-electron chi connectivity index (χ3n) is 2.49. The van der Waals surface area contributed by atoms with Crippen LogP contribution in [-0.4, -0.2) is 60.8 Å². The Kier molecular flexibility index (Phi) is 10.1. The predicted molar refractivity (Wildman–Crippen MR) is 85.2 cm³/mol. The van der Waals surface area contributed by atoms with Crippen LogP contribution in [0.5, 0.6) is 0 Å². The number of ether oxygens (including phenoxy) is 1. The van der Waals surface area contributed by atoms with Crippen molar-refractivity contribution in [2.45, 2.75) is 23.8 Å². The fourth-order valence-electron chi connectivity index (χ4n) is 1.39. The summed E-state index contributed by atoms with van der Waals surface area (Å²) in [6.07, 6.45) is 4.54. The molecule has 0 aromatic heterocycles. The quantitative estimate of drug-likeness (QED) is 0.154. The van der Waals surface area contributed by atoms with Crippen molar-refractivity contribution in [2.24, 2.45) is 4.99 Å². The minimum absolute atomic E-state index is 0.0390. The number of rotatable bonds is 12. The number of nitrogens with one attached hydrogen (secondary N) is 2. The summed E-state index contributed by atoms with van der Waals surface area (Å²) in [5.74, 6) is -0.576. The smallest absolute Gasteiger partial charge is 0.245 e. The van der Waals surface area contributed by atoms with E-state index in [2.05, 4.69) is 15.6 Å². The molecule has 1 aliphatic heterocycles. The highest BCUT2D eigenvalue weighted by Gasteiger charge is 2.22. The van der Waals surface area contributed by atoms with E-state index >= 15 is 0 Å². The highest BCUT2D eigenvalue weighted by molar-refractivity contribution is 8.92. The SMILES string of the molecule is O=C(CO)NCCOC=NCC(=O)NCCCCC1SS1. The molecule has 0 spiro atoms. The summed E-state index contributed by atoms with van der Waals surface area (Å²) in [7, 11) is 3.83. The number of hydrogen-bond donors (Lipinski definition) is 3. The first-order valence-electron chi connectivity index (χ1n) is 6.78. The van der Waals surface area contributed by atoms with Gasteiger partial charge in [0, 0.05) is 6.54 Å². The molecule has 1 saturated heterocycles. The molecule has 3 N–H and O–H groups in total. The van der Waals surface area contributed by atoms with Crippen LogP contribution in [-0.2, 0) is 14.3 Å². The van der Waals surface area contributed by atoms with Gasteiger partial charge >= 0.3 is 0 Å². The number of aliphatic hydroxyl groups excluding tert-OH is 1. The van der Waals surface area contributed by atoms with Crippen molar-refractivity contribution in [3.63, 3.8) is 0 Å². The fraction of sp³-hybridized carbons (Fsp3) is 0.750. The second-order valence-electron chi connectivity index (χ2n) is 4.29. The van der Waals surface area contributed by atoms with Crippen molar-refractivity contribution in [3.8, 4) is 0 Å². The van der Waals surface area contributed by atoms with Gasteiger partial charge in [0.2, 0.25) is 11.8 Å². The van der Waals surface area contributed by atoms with Gasteiger partial charge < -0.3 is 20.5 Å². The van der Waals surface area contributed by atoms with E-state index in [1.54, 1.807) is 0 Å². The summed E-state index contributed by atoms with van der Waals surface area (Å²) >= 11 is 0. The maximum atomic E-state index is 11.4. The standard InChI is InChI=1S/C12H21N3O4S2/c16-8-11(18)15-5-6-19-9-13-7-10(17)14-4-2-1-3-12-20-21-12/h9,12,16H,1-8H2,(H,14,17)(H,15,18). The Morgan fingerprint density at radius 2 is 1.95 bits per heavy atom. The Balaban J connectivity index is 1.84. The lowest BCUT2D eigenvalue weighted by Gasteiger charge is -2.03. The minimum Gasteiger partial charge on any atom is -0.482 e. The van der Waals surface area contributed by atoms with Crippen LogP contribution in [0.2, 0.25) is 0 Å². The molecule has 1 aliphatic rings. The van der Waals surface area contributed by atoms with Crippen LogP contribution in [0, 0.1) is 0 Å². The van der Waals surface area contributed by atoms with Crippen LogP contribution in [0.4, 0.5) is 0 Å². The van der Waals surface area contributed by atoms with Crippen LogP contribution in [0.3, 0.4) is 0 Å². The van der Waals surface area contributed by atoms with Gasteiger partial charge in [0.1, 0.15) is 19.8 Å². The van der Waals surface area contributed by atoms with Gasteiger partial charge in [0.15, 0.2) is 6.40 Å². The molecule has 1 fully saturated rings. The molecule has 21 heavy (non-hydrogen) atoms. The average Bonchev–Trinajstić information content (AvgIpc) is 3.29. The number of carbonyl (C=O) groups excluding carboxylic acids is 2. The maximum Gasteiger partial charge on any atom is 0.245 e. The lowest BCUT2D eigenvalue weighted by Crippen LogP contribution is -2.29. The highest BCUT2D eigenvalue weighted by Crippen LogP contribution is 2.55. The van der Waals surface area contributed by atoms with Crippen molar-refractivity contribution in [3.05, 3.63) is 0 Å². The fourth-order valence-corrected chi connectivity index (χ4v) is 2.80. The highest BCUT2D eigenvalue weighted by atomic mass is 33.2. The molecule has 0 bridgehead atoms. The van der Waals surface area contributed by atoms with Crippen LogP contribution in [0.25, 0.3) is 0 Å². The van der Waals surface area contributed by atoms with Crippen LogP contribution in [0.15, 0.2) is 4.99 Å². The third kappa shape index (κ3) is 11.4. The summed E-state index contributed by atoms with van der Waals surface area (Å²) in [5, 5.41) is 13.7. The number of aliphatic hydroxyl groups is 1. The van der Waals surface area contributed by atoms with Crippen molar-refractivity contribution in [1.29, 1.82) is 0 Å². The first-order valence-corrected chi connectivity index (χ1v) is 9.06. The zero-order chi connectivity index (χ0) is 15.3. The van der Waals surface area contributed by atoms with E-state index in [1.807, 2.05) is 21.6 Å². The van der Waals surface area contributed by atoms with Crippen molar-refractivity contribution >= 4 is 39.8 Å². The minimum atomic E-state index is -0.535. The van der Waals surface area contributed by atoms with E-state index in [4.69, 9.17) is 9.84 Å². The van der Waals surface area contributed by atoms with Crippen molar-refractivity contribution in [1.82, 2.24) is 10.6 Å². The predicted octanol–water partition coefficient (Wildman–Crippen LogP) is 0.147. The molecule has 0 unspecified atom stereocenters. The van der Waals surface area contributed by atoms with E-state index in [-0.39, 0.29) is 25.6 Å². The Morgan fingerprint density at radius 3 is 2.67 bits per heavy atom. The second kappa shape index (κ2) is 11.7. The molecule has 0 atom stereocenters.